The summed E-state index contributed by atoms with van der Waals surface area (Å²) in [5.74, 6) is -0.266. The van der Waals surface area contributed by atoms with Crippen molar-refractivity contribution >= 4 is 33.2 Å². The lowest BCUT2D eigenvalue weighted by molar-refractivity contribution is 0.369. The second-order valence-electron chi connectivity index (χ2n) is 7.34. The summed E-state index contributed by atoms with van der Waals surface area (Å²) in [6.07, 6.45) is 0.541. The summed E-state index contributed by atoms with van der Waals surface area (Å²) in [7, 11) is 0. The predicted octanol–water partition coefficient (Wildman–Crippen LogP) is 4.36. The molecule has 0 saturated heterocycles. The first-order chi connectivity index (χ1) is 16.0. The van der Waals surface area contributed by atoms with Gasteiger partial charge in [0.1, 0.15) is 17.1 Å². The number of rotatable bonds is 6. The van der Waals surface area contributed by atoms with Gasteiger partial charge in [-0.05, 0) is 41.6 Å². The van der Waals surface area contributed by atoms with E-state index in [-0.39, 0.29) is 35.4 Å². The van der Waals surface area contributed by atoms with Crippen molar-refractivity contribution < 1.29 is 8.91 Å². The topological polar surface area (TPSA) is 82.9 Å². The molecule has 3 aromatic heterocycles. The minimum absolute atomic E-state index is 0.00775. The molecule has 0 N–H and O–H groups in total. The molecule has 0 bridgehead atoms. The monoisotopic (exact) mass is 482 g/mol. The van der Waals surface area contributed by atoms with E-state index in [1.54, 1.807) is 17.5 Å². The summed E-state index contributed by atoms with van der Waals surface area (Å²) in [5.41, 5.74) is 1.15. The zero-order valence-electron chi connectivity index (χ0n) is 17.1. The molecule has 0 aliphatic rings. The van der Waals surface area contributed by atoms with E-state index in [0.29, 0.717) is 22.2 Å². The molecule has 0 saturated carbocycles. The summed E-state index contributed by atoms with van der Waals surface area (Å²) >= 11 is 7.01. The van der Waals surface area contributed by atoms with Gasteiger partial charge in [-0.15, -0.1) is 11.3 Å². The van der Waals surface area contributed by atoms with Gasteiger partial charge >= 0.3 is 5.69 Å². The Morgan fingerprint density at radius 1 is 1.06 bits per heavy atom. The van der Waals surface area contributed by atoms with Gasteiger partial charge in [0.05, 0.1) is 10.5 Å². The highest BCUT2D eigenvalue weighted by molar-refractivity contribution is 7.17. The molecule has 0 radical (unpaired) electrons. The Labute approximate surface area is 195 Å². The van der Waals surface area contributed by atoms with Gasteiger partial charge < -0.3 is 4.52 Å². The molecule has 0 spiro atoms. The molecule has 2 aromatic carbocycles. The van der Waals surface area contributed by atoms with Crippen molar-refractivity contribution in [1.29, 1.82) is 0 Å². The molecular formula is C23H16ClFN4O3S. The molecule has 7 nitrogen and oxygen atoms in total. The van der Waals surface area contributed by atoms with Crippen molar-refractivity contribution in [2.45, 2.75) is 19.5 Å². The van der Waals surface area contributed by atoms with Gasteiger partial charge in [0.2, 0.25) is 11.7 Å². The van der Waals surface area contributed by atoms with E-state index in [1.165, 1.54) is 32.6 Å². The standard InChI is InChI=1S/C23H16ClFN4O3S/c24-16-7-6-15(12-17(16)25)21-26-19(32-27-21)13-29-18-9-11-33-20(18)22(30)28(23(29)31)10-8-14-4-2-1-3-5-14/h1-7,9,11-12H,8,10,13H2. The number of thiophene rings is 1. The van der Waals surface area contributed by atoms with Crippen LogP contribution in [-0.2, 0) is 19.5 Å². The smallest absolute Gasteiger partial charge is 0.332 e. The van der Waals surface area contributed by atoms with Gasteiger partial charge in [-0.25, -0.2) is 9.18 Å². The molecule has 166 valence electrons. The molecule has 0 aliphatic carbocycles. The molecule has 33 heavy (non-hydrogen) atoms. The van der Waals surface area contributed by atoms with Gasteiger partial charge in [0.15, 0.2) is 0 Å². The number of aromatic nitrogens is 4. The van der Waals surface area contributed by atoms with Gasteiger partial charge in [0, 0.05) is 12.1 Å². The van der Waals surface area contributed by atoms with E-state index in [9.17, 15) is 14.0 Å². The highest BCUT2D eigenvalue weighted by Gasteiger charge is 2.18. The second kappa shape index (κ2) is 8.76. The molecule has 0 amide bonds. The van der Waals surface area contributed by atoms with Crippen LogP contribution in [0.1, 0.15) is 11.5 Å². The van der Waals surface area contributed by atoms with Gasteiger partial charge in [-0.2, -0.15) is 4.98 Å². The number of hydrogen-bond acceptors (Lipinski definition) is 6. The van der Waals surface area contributed by atoms with Crippen LogP contribution in [0.3, 0.4) is 0 Å². The maximum atomic E-state index is 13.8. The maximum absolute atomic E-state index is 13.8. The van der Waals surface area contributed by atoms with E-state index < -0.39 is 11.5 Å². The largest absolute Gasteiger partial charge is 0.337 e. The van der Waals surface area contributed by atoms with Crippen LogP contribution in [0.2, 0.25) is 5.02 Å². The number of fused-ring (bicyclic) bond motifs is 1. The minimum atomic E-state index is -0.595. The van der Waals surface area contributed by atoms with Crippen molar-refractivity contribution in [3.63, 3.8) is 0 Å². The van der Waals surface area contributed by atoms with Crippen LogP contribution >= 0.6 is 22.9 Å². The van der Waals surface area contributed by atoms with E-state index in [2.05, 4.69) is 10.1 Å². The number of halogens is 2. The molecular weight excluding hydrogens is 467 g/mol. The van der Waals surface area contributed by atoms with Crippen molar-refractivity contribution in [2.24, 2.45) is 0 Å². The Morgan fingerprint density at radius 2 is 1.88 bits per heavy atom. The molecule has 10 heteroatoms. The lowest BCUT2D eigenvalue weighted by Gasteiger charge is -2.10. The first-order valence-corrected chi connectivity index (χ1v) is 11.3. The van der Waals surface area contributed by atoms with Crippen LogP contribution in [0, 0.1) is 5.82 Å². The van der Waals surface area contributed by atoms with Gasteiger partial charge in [0.25, 0.3) is 5.56 Å². The normalized spacial score (nSPS) is 11.3. The molecule has 0 unspecified atom stereocenters. The van der Waals surface area contributed by atoms with Gasteiger partial charge in [-0.3, -0.25) is 13.9 Å². The fourth-order valence-corrected chi connectivity index (χ4v) is 4.54. The third-order valence-corrected chi connectivity index (χ3v) is 6.44. The molecule has 0 atom stereocenters. The average molecular weight is 483 g/mol. The maximum Gasteiger partial charge on any atom is 0.332 e. The van der Waals surface area contributed by atoms with Crippen LogP contribution in [-0.4, -0.2) is 19.3 Å². The highest BCUT2D eigenvalue weighted by atomic mass is 35.5. The third kappa shape index (κ3) is 4.12. The van der Waals surface area contributed by atoms with E-state index in [0.717, 1.165) is 5.56 Å². The Kier molecular flexibility index (Phi) is 5.65. The molecule has 3 heterocycles. The lowest BCUT2D eigenvalue weighted by Crippen LogP contribution is -2.40. The molecule has 0 aliphatic heterocycles. The summed E-state index contributed by atoms with van der Waals surface area (Å²) in [6, 6.07) is 15.6. The van der Waals surface area contributed by atoms with Crippen molar-refractivity contribution in [2.75, 3.05) is 0 Å². The Hall–Kier alpha value is -3.56. The van der Waals surface area contributed by atoms with Crippen LogP contribution in [0.5, 0.6) is 0 Å². The van der Waals surface area contributed by atoms with E-state index in [4.69, 9.17) is 16.1 Å². The second-order valence-corrected chi connectivity index (χ2v) is 8.66. The Morgan fingerprint density at radius 3 is 2.67 bits per heavy atom. The predicted molar refractivity (Wildman–Crippen MR) is 124 cm³/mol. The van der Waals surface area contributed by atoms with Crippen LogP contribution in [0.25, 0.3) is 21.6 Å². The fourth-order valence-electron chi connectivity index (χ4n) is 3.58. The van der Waals surface area contributed by atoms with Crippen LogP contribution < -0.4 is 11.2 Å². The quantitative estimate of drug-likeness (QED) is 0.359. The zero-order valence-corrected chi connectivity index (χ0v) is 18.6. The summed E-state index contributed by atoms with van der Waals surface area (Å²) in [6.45, 7) is 0.218. The first kappa shape index (κ1) is 21.3. The molecule has 0 fully saturated rings. The van der Waals surface area contributed by atoms with Crippen LogP contribution in [0.4, 0.5) is 4.39 Å². The summed E-state index contributed by atoms with van der Waals surface area (Å²) in [5, 5.41) is 5.65. The summed E-state index contributed by atoms with van der Waals surface area (Å²) in [4.78, 5) is 30.5. The number of hydrogen-bond donors (Lipinski definition) is 0. The average Bonchev–Trinajstić information content (AvgIpc) is 3.49. The molecule has 5 rings (SSSR count). The first-order valence-electron chi connectivity index (χ1n) is 10.0. The fraction of sp³-hybridized carbons (Fsp3) is 0.130. The number of nitrogens with zero attached hydrogens (tertiary/aromatic N) is 4. The Bertz CT molecular complexity index is 1570. The third-order valence-electron chi connectivity index (χ3n) is 5.24. The number of benzene rings is 2. The summed E-state index contributed by atoms with van der Waals surface area (Å²) < 4.78 is 22.3. The van der Waals surface area contributed by atoms with Crippen LogP contribution in [0.15, 0.2) is 74.1 Å². The highest BCUT2D eigenvalue weighted by Crippen LogP contribution is 2.23. The van der Waals surface area contributed by atoms with E-state index in [1.807, 2.05) is 30.3 Å². The van der Waals surface area contributed by atoms with Crippen molar-refractivity contribution in [3.8, 4) is 11.4 Å². The SMILES string of the molecule is O=c1c2sccc2n(Cc2nc(-c3ccc(Cl)c(F)c3)no2)c(=O)n1CCc1ccccc1. The van der Waals surface area contributed by atoms with E-state index >= 15 is 0 Å². The number of aryl methyl sites for hydroxylation is 1. The van der Waals surface area contributed by atoms with Crippen molar-refractivity contribution in [3.05, 3.63) is 103 Å². The molecule has 5 aromatic rings. The Balaban J connectivity index is 1.50. The lowest BCUT2D eigenvalue weighted by atomic mass is 10.1. The van der Waals surface area contributed by atoms with Crippen molar-refractivity contribution in [1.82, 2.24) is 19.3 Å². The van der Waals surface area contributed by atoms with Gasteiger partial charge in [-0.1, -0.05) is 47.1 Å². The minimum Gasteiger partial charge on any atom is -0.337 e. The zero-order chi connectivity index (χ0) is 22.9.